The predicted molar refractivity (Wildman–Crippen MR) is 75.0 cm³/mol. The smallest absolute Gasteiger partial charge is 0.232 e. The highest BCUT2D eigenvalue weighted by atomic mass is 16.2. The summed E-state index contributed by atoms with van der Waals surface area (Å²) in [7, 11) is 3.12. The van der Waals surface area contributed by atoms with Crippen LogP contribution in [0.5, 0.6) is 0 Å². The van der Waals surface area contributed by atoms with Crippen LogP contribution >= 0.6 is 0 Å². The molecule has 0 spiro atoms. The third-order valence-corrected chi connectivity index (χ3v) is 6.47. The van der Waals surface area contributed by atoms with Gasteiger partial charge in [0.2, 0.25) is 23.6 Å². The van der Waals surface area contributed by atoms with Crippen LogP contribution < -0.4 is 0 Å². The zero-order valence-corrected chi connectivity index (χ0v) is 12.8. The Hall–Kier alpha value is -1.72. The molecule has 2 heterocycles. The molecule has 4 atom stereocenters. The van der Waals surface area contributed by atoms with Crippen molar-refractivity contribution in [3.63, 3.8) is 0 Å². The second kappa shape index (κ2) is 4.40. The molecule has 0 bridgehead atoms. The number of nitrogens with zero attached hydrogens (tertiary/aromatic N) is 2. The molecule has 4 rings (SSSR count). The summed E-state index contributed by atoms with van der Waals surface area (Å²) in [6.07, 6.45) is 2.61. The number of carbonyl (C=O) groups excluding carboxylic acids is 4. The van der Waals surface area contributed by atoms with Gasteiger partial charge in [0.1, 0.15) is 0 Å². The van der Waals surface area contributed by atoms with E-state index in [1.165, 1.54) is 9.80 Å². The maximum Gasteiger partial charge on any atom is 0.232 e. The minimum absolute atomic E-state index is 0.115. The van der Waals surface area contributed by atoms with E-state index in [4.69, 9.17) is 0 Å². The second-order valence-corrected chi connectivity index (χ2v) is 7.21. The molecule has 4 unspecified atom stereocenters. The summed E-state index contributed by atoms with van der Waals surface area (Å²) in [6, 6.07) is 0. The summed E-state index contributed by atoms with van der Waals surface area (Å²) >= 11 is 0. The van der Waals surface area contributed by atoms with Crippen LogP contribution in [0.4, 0.5) is 0 Å². The van der Waals surface area contributed by atoms with Gasteiger partial charge in [0, 0.05) is 37.8 Å². The highest BCUT2D eigenvalue weighted by Gasteiger charge is 2.62. The number of imide groups is 2. The van der Waals surface area contributed by atoms with E-state index in [9.17, 15) is 19.2 Å². The number of likely N-dealkylation sites (tertiary alicyclic amines) is 2. The Morgan fingerprint density at radius 3 is 1.05 bits per heavy atom. The monoisotopic (exact) mass is 304 g/mol. The van der Waals surface area contributed by atoms with Crippen LogP contribution in [0, 0.1) is 35.5 Å². The minimum Gasteiger partial charge on any atom is -0.285 e. The number of rotatable bonds is 0. The molecule has 6 nitrogen and oxygen atoms in total. The van der Waals surface area contributed by atoms with Crippen molar-refractivity contribution in [1.29, 1.82) is 0 Å². The molecule has 4 fully saturated rings. The molecule has 6 heteroatoms. The van der Waals surface area contributed by atoms with Crippen LogP contribution in [-0.2, 0) is 19.2 Å². The molecule has 2 saturated heterocycles. The minimum atomic E-state index is -0.194. The van der Waals surface area contributed by atoms with E-state index in [0.717, 1.165) is 0 Å². The fourth-order valence-corrected chi connectivity index (χ4v) is 5.49. The first-order chi connectivity index (χ1) is 10.4. The van der Waals surface area contributed by atoms with Gasteiger partial charge >= 0.3 is 0 Å². The Morgan fingerprint density at radius 1 is 0.591 bits per heavy atom. The fraction of sp³-hybridized carbons (Fsp3) is 0.750. The summed E-state index contributed by atoms with van der Waals surface area (Å²) in [5, 5.41) is 0. The molecule has 4 amide bonds. The number of amides is 4. The third-order valence-electron chi connectivity index (χ3n) is 6.47. The van der Waals surface area contributed by atoms with Gasteiger partial charge in [0.05, 0.1) is 0 Å². The zero-order valence-electron chi connectivity index (χ0n) is 12.8. The van der Waals surface area contributed by atoms with Crippen molar-refractivity contribution in [3.8, 4) is 0 Å². The zero-order chi connectivity index (χ0) is 15.8. The van der Waals surface area contributed by atoms with Crippen molar-refractivity contribution in [2.24, 2.45) is 35.5 Å². The summed E-state index contributed by atoms with van der Waals surface area (Å²) in [5.74, 6) is -1.49. The molecule has 4 aliphatic rings. The summed E-state index contributed by atoms with van der Waals surface area (Å²) in [5.41, 5.74) is 0. The van der Waals surface area contributed by atoms with Crippen molar-refractivity contribution < 1.29 is 19.2 Å². The molecule has 0 radical (unpaired) electrons. The molecule has 0 aromatic rings. The molecular weight excluding hydrogens is 284 g/mol. The maximum absolute atomic E-state index is 12.5. The molecule has 2 aliphatic heterocycles. The number of hydrogen-bond acceptors (Lipinski definition) is 4. The van der Waals surface area contributed by atoms with Crippen molar-refractivity contribution in [1.82, 2.24) is 9.80 Å². The van der Waals surface area contributed by atoms with E-state index in [1.54, 1.807) is 14.1 Å². The molecule has 2 saturated carbocycles. The van der Waals surface area contributed by atoms with Crippen molar-refractivity contribution in [2.45, 2.75) is 25.7 Å². The molecular formula is C16H20N2O4. The number of piperidine rings is 2. The molecule has 2 aliphatic carbocycles. The number of carbonyl (C=O) groups is 4. The summed E-state index contributed by atoms with van der Waals surface area (Å²) in [6.45, 7) is 0. The molecule has 22 heavy (non-hydrogen) atoms. The predicted octanol–water partition coefficient (Wildman–Crippen LogP) is 0.268. The Labute approximate surface area is 128 Å². The van der Waals surface area contributed by atoms with Gasteiger partial charge < -0.3 is 0 Å². The van der Waals surface area contributed by atoms with Crippen LogP contribution in [-0.4, -0.2) is 47.5 Å². The van der Waals surface area contributed by atoms with Gasteiger partial charge in [0.25, 0.3) is 0 Å². The Balaban J connectivity index is 1.79. The SMILES string of the molecule is CN1C(=O)C2CCC3C(=O)N(C)C(=O)C4CCC(C1=O)C2C34. The van der Waals surface area contributed by atoms with Gasteiger partial charge in [-0.25, -0.2) is 0 Å². The lowest BCUT2D eigenvalue weighted by Crippen LogP contribution is -2.65. The Bertz CT molecular complexity index is 501. The van der Waals surface area contributed by atoms with Gasteiger partial charge in [-0.3, -0.25) is 29.0 Å². The van der Waals surface area contributed by atoms with Crippen LogP contribution in [0.25, 0.3) is 0 Å². The largest absolute Gasteiger partial charge is 0.285 e. The van der Waals surface area contributed by atoms with Crippen molar-refractivity contribution >= 4 is 23.6 Å². The van der Waals surface area contributed by atoms with Gasteiger partial charge in [-0.1, -0.05) is 0 Å². The van der Waals surface area contributed by atoms with E-state index < -0.39 is 0 Å². The van der Waals surface area contributed by atoms with Crippen LogP contribution in [0.1, 0.15) is 25.7 Å². The highest BCUT2D eigenvalue weighted by molar-refractivity contribution is 6.03. The van der Waals surface area contributed by atoms with Crippen molar-refractivity contribution in [2.75, 3.05) is 14.1 Å². The lowest BCUT2D eigenvalue weighted by molar-refractivity contribution is -0.183. The average molecular weight is 304 g/mol. The molecule has 0 aromatic carbocycles. The quantitative estimate of drug-likeness (QED) is 0.602. The number of hydrogen-bond donors (Lipinski definition) is 0. The summed E-state index contributed by atoms with van der Waals surface area (Å²) in [4.78, 5) is 52.4. The van der Waals surface area contributed by atoms with Crippen LogP contribution in [0.2, 0.25) is 0 Å². The first kappa shape index (κ1) is 13.9. The van der Waals surface area contributed by atoms with Crippen molar-refractivity contribution in [3.05, 3.63) is 0 Å². The Morgan fingerprint density at radius 2 is 0.818 bits per heavy atom. The standard InChI is InChI=1S/C16H20N2O4/c1-17-13(19)7-3-5-9-12-10(16(22)18(2)15(9)21)6-4-8(11(7)12)14(17)20/h7-12H,3-6H2,1-2H3. The van der Waals surface area contributed by atoms with Crippen LogP contribution in [0.3, 0.4) is 0 Å². The second-order valence-electron chi connectivity index (χ2n) is 7.21. The first-order valence-corrected chi connectivity index (χ1v) is 8.06. The Kier molecular flexibility index (Phi) is 2.78. The summed E-state index contributed by atoms with van der Waals surface area (Å²) < 4.78 is 0. The van der Waals surface area contributed by atoms with E-state index in [-0.39, 0.29) is 59.1 Å². The van der Waals surface area contributed by atoms with E-state index in [1.807, 2.05) is 0 Å². The lowest BCUT2D eigenvalue weighted by atomic mass is 9.51. The average Bonchev–Trinajstić information content (AvgIpc) is 2.53. The maximum atomic E-state index is 12.5. The van der Waals surface area contributed by atoms with E-state index in [2.05, 4.69) is 0 Å². The first-order valence-electron chi connectivity index (χ1n) is 8.06. The molecule has 0 aromatic heterocycles. The third kappa shape index (κ3) is 1.50. The topological polar surface area (TPSA) is 74.8 Å². The molecule has 0 N–H and O–H groups in total. The van der Waals surface area contributed by atoms with Crippen LogP contribution in [0.15, 0.2) is 0 Å². The normalized spacial score (nSPS) is 44.3. The molecule has 118 valence electrons. The van der Waals surface area contributed by atoms with E-state index >= 15 is 0 Å². The fourth-order valence-electron chi connectivity index (χ4n) is 5.49. The van der Waals surface area contributed by atoms with Gasteiger partial charge in [-0.15, -0.1) is 0 Å². The van der Waals surface area contributed by atoms with Gasteiger partial charge in [-0.05, 0) is 37.5 Å². The van der Waals surface area contributed by atoms with Gasteiger partial charge in [0.15, 0.2) is 0 Å². The van der Waals surface area contributed by atoms with E-state index in [0.29, 0.717) is 25.7 Å². The lowest BCUT2D eigenvalue weighted by Gasteiger charge is -2.56. The highest BCUT2D eigenvalue weighted by Crippen LogP contribution is 2.56. The van der Waals surface area contributed by atoms with Gasteiger partial charge in [-0.2, -0.15) is 0 Å².